The lowest BCUT2D eigenvalue weighted by Crippen LogP contribution is -2.25. The third kappa shape index (κ3) is 3.90. The Hall–Kier alpha value is -3.85. The summed E-state index contributed by atoms with van der Waals surface area (Å²) >= 11 is 1.22. The van der Waals surface area contributed by atoms with Crippen LogP contribution >= 0.6 is 11.8 Å². The normalized spacial score (nSPS) is 12.8. The number of rotatable bonds is 6. The highest BCUT2D eigenvalue weighted by molar-refractivity contribution is 7.99. The van der Waals surface area contributed by atoms with Gasteiger partial charge in [-0.15, -0.1) is 10.2 Å². The second-order valence-corrected chi connectivity index (χ2v) is 8.29. The minimum absolute atomic E-state index is 0.0244. The van der Waals surface area contributed by atoms with Crippen molar-refractivity contribution >= 4 is 39.9 Å². The maximum atomic E-state index is 12.7. The van der Waals surface area contributed by atoms with Gasteiger partial charge in [-0.1, -0.05) is 54.2 Å². The third-order valence-corrected chi connectivity index (χ3v) is 6.17. The molecular weight excluding hydrogens is 426 g/mol. The molecule has 9 heteroatoms. The summed E-state index contributed by atoms with van der Waals surface area (Å²) in [5.74, 6) is 7.16. The fourth-order valence-electron chi connectivity index (χ4n) is 3.61. The van der Waals surface area contributed by atoms with E-state index in [-0.39, 0.29) is 24.1 Å². The predicted octanol–water partition coefficient (Wildman–Crippen LogP) is 3.04. The van der Waals surface area contributed by atoms with Gasteiger partial charge in [-0.3, -0.25) is 9.59 Å². The van der Waals surface area contributed by atoms with Crippen LogP contribution in [0.15, 0.2) is 65.8 Å². The number of carbonyl (C=O) groups excluding carboxylic acids is 2. The van der Waals surface area contributed by atoms with Crippen LogP contribution in [0.1, 0.15) is 21.7 Å². The van der Waals surface area contributed by atoms with E-state index in [1.807, 2.05) is 24.3 Å². The van der Waals surface area contributed by atoms with E-state index in [4.69, 9.17) is 10.6 Å². The molecule has 0 saturated carbocycles. The number of ether oxygens (including phenoxy) is 1. The summed E-state index contributed by atoms with van der Waals surface area (Å²) in [4.78, 5) is 24.2. The lowest BCUT2D eigenvalue weighted by atomic mass is 10.0. The van der Waals surface area contributed by atoms with Crippen LogP contribution < -0.4 is 15.9 Å². The summed E-state index contributed by atoms with van der Waals surface area (Å²) in [7, 11) is 0. The number of hydrogen-bond donors (Lipinski definition) is 2. The fourth-order valence-corrected chi connectivity index (χ4v) is 4.38. The van der Waals surface area contributed by atoms with Gasteiger partial charge in [0, 0.05) is 12.0 Å². The molecule has 5 rings (SSSR count). The summed E-state index contributed by atoms with van der Waals surface area (Å²) in [5, 5.41) is 13.9. The van der Waals surface area contributed by atoms with Gasteiger partial charge >= 0.3 is 0 Å². The molecule has 3 N–H and O–H groups in total. The highest BCUT2D eigenvalue weighted by atomic mass is 32.2. The van der Waals surface area contributed by atoms with Crippen LogP contribution in [0, 0.1) is 0 Å². The zero-order chi connectivity index (χ0) is 22.1. The number of aromatic nitrogens is 3. The van der Waals surface area contributed by atoms with E-state index in [0.29, 0.717) is 34.4 Å². The van der Waals surface area contributed by atoms with Gasteiger partial charge in [0.15, 0.2) is 18.2 Å². The van der Waals surface area contributed by atoms with Crippen LogP contribution in [-0.2, 0) is 11.2 Å². The zero-order valence-electron chi connectivity index (χ0n) is 16.9. The second kappa shape index (κ2) is 8.35. The van der Waals surface area contributed by atoms with Crippen molar-refractivity contribution in [2.45, 2.75) is 11.6 Å². The van der Waals surface area contributed by atoms with Crippen LogP contribution in [0.5, 0.6) is 5.75 Å². The third-order valence-electron chi connectivity index (χ3n) is 5.23. The number of ketones is 1. The summed E-state index contributed by atoms with van der Waals surface area (Å²) in [5.41, 5.74) is 2.07. The minimum atomic E-state index is -0.244. The van der Waals surface area contributed by atoms with Gasteiger partial charge in [-0.25, -0.2) is 4.68 Å². The molecule has 0 fully saturated rings. The highest BCUT2D eigenvalue weighted by Gasteiger charge is 2.19. The molecule has 0 bridgehead atoms. The number of anilines is 1. The molecule has 2 heterocycles. The predicted molar refractivity (Wildman–Crippen MR) is 123 cm³/mol. The van der Waals surface area contributed by atoms with E-state index in [9.17, 15) is 9.59 Å². The Labute approximate surface area is 187 Å². The molecule has 32 heavy (non-hydrogen) atoms. The number of nitrogens with two attached hydrogens (primary N) is 1. The van der Waals surface area contributed by atoms with E-state index >= 15 is 0 Å². The van der Waals surface area contributed by atoms with Gasteiger partial charge in [-0.2, -0.15) is 0 Å². The molecule has 1 aliphatic rings. The molecule has 4 aromatic rings. The second-order valence-electron chi connectivity index (χ2n) is 7.34. The Bertz CT molecular complexity index is 1350. The number of nitrogens with one attached hydrogen (secondary N) is 1. The van der Waals surface area contributed by atoms with Gasteiger partial charge in [0.1, 0.15) is 5.75 Å². The van der Waals surface area contributed by atoms with Gasteiger partial charge in [0.2, 0.25) is 5.16 Å². The topological polar surface area (TPSA) is 112 Å². The molecule has 0 radical (unpaired) electrons. The van der Waals surface area contributed by atoms with Crippen molar-refractivity contribution in [3.05, 3.63) is 77.6 Å². The number of nitrogens with zero attached hydrogens (tertiary/aromatic N) is 3. The largest absolute Gasteiger partial charge is 0.482 e. The number of Topliss-reactive ketones (excluding diaryl/α,β-unsaturated/α-hetero) is 1. The Balaban J connectivity index is 1.29. The molecule has 0 aliphatic carbocycles. The lowest BCUT2D eigenvalue weighted by molar-refractivity contribution is -0.118. The Kier molecular flexibility index (Phi) is 5.24. The SMILES string of the molecule is Nn1c(Cc2cccc3ccccc23)nnc1SCC(=O)c1ccc2c(c1)NC(=O)CO2. The van der Waals surface area contributed by atoms with Crippen LogP contribution in [0.3, 0.4) is 0 Å². The number of hydrogen-bond acceptors (Lipinski definition) is 7. The average Bonchev–Trinajstić information content (AvgIpc) is 3.16. The summed E-state index contributed by atoms with van der Waals surface area (Å²) in [6, 6.07) is 19.3. The van der Waals surface area contributed by atoms with Crippen molar-refractivity contribution in [3.63, 3.8) is 0 Å². The monoisotopic (exact) mass is 445 g/mol. The minimum Gasteiger partial charge on any atom is -0.482 e. The van der Waals surface area contributed by atoms with E-state index in [2.05, 4.69) is 33.7 Å². The van der Waals surface area contributed by atoms with Crippen LogP contribution in [0.2, 0.25) is 0 Å². The first kappa shape index (κ1) is 20.1. The molecule has 3 aromatic carbocycles. The summed E-state index contributed by atoms with van der Waals surface area (Å²) in [6.07, 6.45) is 0.532. The fraction of sp³-hybridized carbons (Fsp3) is 0.130. The number of amides is 1. The van der Waals surface area contributed by atoms with E-state index in [1.165, 1.54) is 16.4 Å². The van der Waals surface area contributed by atoms with Crippen molar-refractivity contribution in [2.24, 2.45) is 0 Å². The van der Waals surface area contributed by atoms with Gasteiger partial charge in [-0.05, 0) is 34.5 Å². The summed E-state index contributed by atoms with van der Waals surface area (Å²) < 4.78 is 6.76. The number of thioether (sulfide) groups is 1. The molecule has 160 valence electrons. The first-order valence-corrected chi connectivity index (χ1v) is 11.0. The van der Waals surface area contributed by atoms with E-state index in [0.717, 1.165) is 16.3 Å². The highest BCUT2D eigenvalue weighted by Crippen LogP contribution is 2.29. The number of nitrogen functional groups attached to an aromatic ring is 1. The molecule has 0 saturated heterocycles. The van der Waals surface area contributed by atoms with E-state index in [1.54, 1.807) is 18.2 Å². The molecule has 0 unspecified atom stereocenters. The lowest BCUT2D eigenvalue weighted by Gasteiger charge is -2.18. The van der Waals surface area contributed by atoms with Crippen molar-refractivity contribution in [1.82, 2.24) is 14.9 Å². The molecular formula is C23H19N5O3S. The molecule has 1 aliphatic heterocycles. The Morgan fingerprint density at radius 3 is 2.88 bits per heavy atom. The maximum Gasteiger partial charge on any atom is 0.262 e. The zero-order valence-corrected chi connectivity index (χ0v) is 17.8. The maximum absolute atomic E-state index is 12.7. The standard InChI is InChI=1S/C23H19N5O3S/c24-28-21(11-15-6-3-5-14-4-1-2-7-17(14)15)26-27-23(28)32-13-19(29)16-8-9-20-18(10-16)25-22(30)12-31-20/h1-10H,11-13,24H2,(H,25,30). The first-order valence-electron chi connectivity index (χ1n) is 9.97. The molecule has 8 nitrogen and oxygen atoms in total. The average molecular weight is 446 g/mol. The van der Waals surface area contributed by atoms with Crippen molar-refractivity contribution in [1.29, 1.82) is 0 Å². The number of benzene rings is 3. The van der Waals surface area contributed by atoms with Crippen molar-refractivity contribution < 1.29 is 14.3 Å². The molecule has 1 amide bonds. The van der Waals surface area contributed by atoms with Crippen LogP contribution in [0.4, 0.5) is 5.69 Å². The van der Waals surface area contributed by atoms with Crippen molar-refractivity contribution in [3.8, 4) is 5.75 Å². The molecule has 0 spiro atoms. The summed E-state index contributed by atoms with van der Waals surface area (Å²) in [6.45, 7) is -0.0244. The van der Waals surface area contributed by atoms with Gasteiger partial charge in [0.25, 0.3) is 5.91 Å². The number of fused-ring (bicyclic) bond motifs is 2. The molecule has 1 aromatic heterocycles. The van der Waals surface area contributed by atoms with Gasteiger partial charge < -0.3 is 15.9 Å². The van der Waals surface area contributed by atoms with Crippen LogP contribution in [0.25, 0.3) is 10.8 Å². The number of carbonyl (C=O) groups is 2. The van der Waals surface area contributed by atoms with E-state index < -0.39 is 0 Å². The Morgan fingerprint density at radius 1 is 1.12 bits per heavy atom. The first-order chi connectivity index (χ1) is 15.6. The van der Waals surface area contributed by atoms with Gasteiger partial charge in [0.05, 0.1) is 11.4 Å². The van der Waals surface area contributed by atoms with Crippen LogP contribution in [-0.4, -0.2) is 38.9 Å². The Morgan fingerprint density at radius 2 is 1.97 bits per heavy atom. The quantitative estimate of drug-likeness (QED) is 0.266. The molecule has 0 atom stereocenters. The smallest absolute Gasteiger partial charge is 0.262 e. The van der Waals surface area contributed by atoms with Crippen molar-refractivity contribution in [2.75, 3.05) is 23.5 Å².